The second-order valence-electron chi connectivity index (χ2n) is 3.10. The van der Waals surface area contributed by atoms with Gasteiger partial charge in [-0.15, -0.1) is 11.3 Å². The minimum absolute atomic E-state index is 0.250. The number of thiophene rings is 1. The van der Waals surface area contributed by atoms with Crippen molar-refractivity contribution in [3.63, 3.8) is 0 Å². The third-order valence-corrected chi connectivity index (χ3v) is 3.12. The number of hydrogen-bond acceptors (Lipinski definition) is 2. The molecule has 14 heavy (non-hydrogen) atoms. The van der Waals surface area contributed by atoms with Crippen LogP contribution in [0.25, 0.3) is 10.1 Å². The van der Waals surface area contributed by atoms with Gasteiger partial charge in [-0.25, -0.2) is 8.78 Å². The maximum atomic E-state index is 12.6. The highest BCUT2D eigenvalue weighted by atomic mass is 32.1. The van der Waals surface area contributed by atoms with Crippen LogP contribution in [0, 0.1) is 6.92 Å². The number of phenolic OH excluding ortho intramolecular Hbond substituents is 1. The second-order valence-corrected chi connectivity index (χ2v) is 4.01. The summed E-state index contributed by atoms with van der Waals surface area (Å²) in [6, 6.07) is 3.48. The number of rotatable bonds is 1. The van der Waals surface area contributed by atoms with Crippen LogP contribution in [-0.2, 0) is 0 Å². The van der Waals surface area contributed by atoms with E-state index in [0.717, 1.165) is 5.39 Å². The molecule has 0 amide bonds. The summed E-state index contributed by atoms with van der Waals surface area (Å²) in [6.45, 7) is 1.58. The van der Waals surface area contributed by atoms with Gasteiger partial charge in [0.15, 0.2) is 0 Å². The van der Waals surface area contributed by atoms with E-state index in [1.807, 2.05) is 6.07 Å². The molecule has 0 radical (unpaired) electrons. The Morgan fingerprint density at radius 2 is 2.14 bits per heavy atom. The maximum absolute atomic E-state index is 12.6. The molecule has 0 aliphatic heterocycles. The summed E-state index contributed by atoms with van der Waals surface area (Å²) in [5.74, 6) is -0.273. The van der Waals surface area contributed by atoms with E-state index in [9.17, 15) is 13.9 Å². The zero-order valence-corrected chi connectivity index (χ0v) is 8.24. The van der Waals surface area contributed by atoms with Crippen molar-refractivity contribution in [2.24, 2.45) is 0 Å². The summed E-state index contributed by atoms with van der Waals surface area (Å²) >= 11 is 1.27. The molecular formula is C10H8F2OS. The molecule has 74 valence electrons. The van der Waals surface area contributed by atoms with E-state index >= 15 is 0 Å². The Balaban J connectivity index is 2.82. The highest BCUT2D eigenvalue weighted by Gasteiger charge is 2.18. The highest BCUT2D eigenvalue weighted by Crippen LogP contribution is 2.39. The Morgan fingerprint density at radius 1 is 1.43 bits per heavy atom. The van der Waals surface area contributed by atoms with Crippen LogP contribution in [0.5, 0.6) is 5.75 Å². The Kier molecular flexibility index (Phi) is 2.15. The van der Waals surface area contributed by atoms with Gasteiger partial charge in [0.25, 0.3) is 6.43 Å². The lowest BCUT2D eigenvalue weighted by molar-refractivity contribution is 0.147. The molecule has 0 fully saturated rings. The normalized spacial score (nSPS) is 11.4. The van der Waals surface area contributed by atoms with Crippen LogP contribution in [0.3, 0.4) is 0 Å². The van der Waals surface area contributed by atoms with Gasteiger partial charge in [0.2, 0.25) is 0 Å². The standard InChI is InChI=1S/C10H8F2OS/c1-5-4-6-2-3-14-9(6)8(13)7(5)10(11)12/h2-4,10,13H,1H3. The Hall–Kier alpha value is -1.16. The molecule has 1 heterocycles. The van der Waals surface area contributed by atoms with Gasteiger partial charge < -0.3 is 5.11 Å². The molecule has 2 aromatic rings. The number of hydrogen-bond donors (Lipinski definition) is 1. The first kappa shape index (κ1) is 9.40. The molecule has 0 unspecified atom stereocenters. The average Bonchev–Trinajstić information content (AvgIpc) is 2.50. The minimum atomic E-state index is -2.62. The Labute approximate surface area is 83.6 Å². The SMILES string of the molecule is Cc1cc2ccsc2c(O)c1C(F)F. The van der Waals surface area contributed by atoms with E-state index in [0.29, 0.717) is 10.3 Å². The molecule has 0 atom stereocenters. The van der Waals surface area contributed by atoms with E-state index in [1.54, 1.807) is 18.4 Å². The summed E-state index contributed by atoms with van der Waals surface area (Å²) in [4.78, 5) is 0. The fraction of sp³-hybridized carbons (Fsp3) is 0.200. The predicted octanol–water partition coefficient (Wildman–Crippen LogP) is 3.85. The van der Waals surface area contributed by atoms with Gasteiger partial charge >= 0.3 is 0 Å². The molecule has 1 N–H and O–H groups in total. The molecule has 1 aromatic heterocycles. The average molecular weight is 214 g/mol. The molecule has 0 saturated carbocycles. The Morgan fingerprint density at radius 3 is 2.79 bits per heavy atom. The topological polar surface area (TPSA) is 20.2 Å². The number of aromatic hydroxyl groups is 1. The van der Waals surface area contributed by atoms with Crippen LogP contribution < -0.4 is 0 Å². The smallest absolute Gasteiger partial charge is 0.267 e. The summed E-state index contributed by atoms with van der Waals surface area (Å²) in [6.07, 6.45) is -2.62. The molecule has 1 aromatic carbocycles. The summed E-state index contributed by atoms with van der Waals surface area (Å²) < 4.78 is 25.7. The van der Waals surface area contributed by atoms with E-state index in [-0.39, 0.29) is 11.3 Å². The number of aryl methyl sites for hydroxylation is 1. The monoisotopic (exact) mass is 214 g/mol. The highest BCUT2D eigenvalue weighted by molar-refractivity contribution is 7.17. The molecule has 0 aliphatic rings. The minimum Gasteiger partial charge on any atom is -0.506 e. The van der Waals surface area contributed by atoms with Gasteiger partial charge in [-0.1, -0.05) is 0 Å². The van der Waals surface area contributed by atoms with Crippen molar-refractivity contribution in [3.8, 4) is 5.75 Å². The lowest BCUT2D eigenvalue weighted by Crippen LogP contribution is -1.90. The van der Waals surface area contributed by atoms with E-state index in [1.165, 1.54) is 11.3 Å². The summed E-state index contributed by atoms with van der Waals surface area (Å²) in [7, 11) is 0. The summed E-state index contributed by atoms with van der Waals surface area (Å²) in [5, 5.41) is 12.2. The zero-order chi connectivity index (χ0) is 10.3. The first-order chi connectivity index (χ1) is 6.61. The van der Waals surface area contributed by atoms with Gasteiger partial charge in [0.1, 0.15) is 5.75 Å². The molecule has 0 bridgehead atoms. The maximum Gasteiger partial charge on any atom is 0.267 e. The Bertz CT molecular complexity index is 476. The van der Waals surface area contributed by atoms with Crippen molar-refractivity contribution >= 4 is 21.4 Å². The molecule has 1 nitrogen and oxygen atoms in total. The molecule has 0 spiro atoms. The van der Waals surface area contributed by atoms with Crippen LogP contribution in [0.15, 0.2) is 17.5 Å². The van der Waals surface area contributed by atoms with E-state index < -0.39 is 6.43 Å². The third kappa shape index (κ3) is 1.26. The van der Waals surface area contributed by atoms with Crippen molar-refractivity contribution in [3.05, 3.63) is 28.6 Å². The number of halogens is 2. The number of fused-ring (bicyclic) bond motifs is 1. The van der Waals surface area contributed by atoms with Gasteiger partial charge in [-0.2, -0.15) is 0 Å². The zero-order valence-electron chi connectivity index (χ0n) is 7.42. The van der Waals surface area contributed by atoms with Gasteiger partial charge in [0, 0.05) is 0 Å². The van der Waals surface area contributed by atoms with Crippen LogP contribution in [0.1, 0.15) is 17.6 Å². The number of phenols is 1. The van der Waals surface area contributed by atoms with E-state index in [4.69, 9.17) is 0 Å². The van der Waals surface area contributed by atoms with Gasteiger partial charge in [-0.3, -0.25) is 0 Å². The predicted molar refractivity (Wildman–Crippen MR) is 53.2 cm³/mol. The first-order valence-electron chi connectivity index (χ1n) is 4.09. The van der Waals surface area contributed by atoms with Crippen molar-refractivity contribution in [1.82, 2.24) is 0 Å². The molecule has 0 aliphatic carbocycles. The second kappa shape index (κ2) is 3.20. The summed E-state index contributed by atoms with van der Waals surface area (Å²) in [5.41, 5.74) is 0.184. The van der Waals surface area contributed by atoms with Crippen LogP contribution in [-0.4, -0.2) is 5.11 Å². The molecular weight excluding hydrogens is 206 g/mol. The lowest BCUT2D eigenvalue weighted by atomic mass is 10.1. The number of benzene rings is 1. The quantitative estimate of drug-likeness (QED) is 0.764. The van der Waals surface area contributed by atoms with Crippen molar-refractivity contribution in [1.29, 1.82) is 0 Å². The molecule has 0 saturated heterocycles. The third-order valence-electron chi connectivity index (χ3n) is 2.18. The van der Waals surface area contributed by atoms with Crippen molar-refractivity contribution in [2.45, 2.75) is 13.3 Å². The van der Waals surface area contributed by atoms with Gasteiger partial charge in [-0.05, 0) is 35.4 Å². The molecule has 2 rings (SSSR count). The fourth-order valence-electron chi connectivity index (χ4n) is 1.52. The van der Waals surface area contributed by atoms with E-state index in [2.05, 4.69) is 0 Å². The van der Waals surface area contributed by atoms with Crippen molar-refractivity contribution in [2.75, 3.05) is 0 Å². The lowest BCUT2D eigenvalue weighted by Gasteiger charge is -2.08. The number of alkyl halides is 2. The van der Waals surface area contributed by atoms with Crippen LogP contribution in [0.4, 0.5) is 8.78 Å². The first-order valence-corrected chi connectivity index (χ1v) is 4.97. The fourth-order valence-corrected chi connectivity index (χ4v) is 2.36. The van der Waals surface area contributed by atoms with Crippen LogP contribution in [0.2, 0.25) is 0 Å². The largest absolute Gasteiger partial charge is 0.506 e. The van der Waals surface area contributed by atoms with Crippen LogP contribution >= 0.6 is 11.3 Å². The van der Waals surface area contributed by atoms with Crippen molar-refractivity contribution < 1.29 is 13.9 Å². The van der Waals surface area contributed by atoms with Gasteiger partial charge in [0.05, 0.1) is 10.3 Å². The molecule has 4 heteroatoms.